The Morgan fingerprint density at radius 1 is 1.16 bits per heavy atom. The van der Waals surface area contributed by atoms with E-state index in [-0.39, 0.29) is 10.5 Å². The summed E-state index contributed by atoms with van der Waals surface area (Å²) in [6.45, 7) is 0. The van der Waals surface area contributed by atoms with Crippen LogP contribution in [0.25, 0.3) is 0 Å². The van der Waals surface area contributed by atoms with Crippen molar-refractivity contribution >= 4 is 39.0 Å². The summed E-state index contributed by atoms with van der Waals surface area (Å²) in [6, 6.07) is 13.4. The molecule has 0 fully saturated rings. The number of carbonyl (C=O) groups is 1. The molecule has 0 heterocycles. The van der Waals surface area contributed by atoms with Crippen molar-refractivity contribution in [1.29, 1.82) is 5.26 Å². The van der Waals surface area contributed by atoms with E-state index >= 15 is 0 Å². The summed E-state index contributed by atoms with van der Waals surface area (Å²) in [5, 5.41) is 14.8. The van der Waals surface area contributed by atoms with E-state index in [4.69, 9.17) is 21.4 Å². The van der Waals surface area contributed by atoms with E-state index < -0.39 is 16.0 Å². The van der Waals surface area contributed by atoms with Gasteiger partial charge in [0.05, 0.1) is 4.90 Å². The number of benzene rings is 2. The summed E-state index contributed by atoms with van der Waals surface area (Å²) in [7, 11) is -4.28. The number of rotatable bonds is 5. The molecule has 0 aliphatic heterocycles. The normalized spacial score (nSPS) is 11.5. The first kappa shape index (κ1) is 18.5. The van der Waals surface area contributed by atoms with Gasteiger partial charge in [-0.25, -0.2) is 0 Å². The van der Waals surface area contributed by atoms with Crippen molar-refractivity contribution in [2.45, 2.75) is 4.90 Å². The molecule has 2 aromatic carbocycles. The van der Waals surface area contributed by atoms with Crippen LogP contribution in [0.5, 0.6) is 0 Å². The van der Waals surface area contributed by atoms with E-state index in [9.17, 15) is 13.2 Å². The lowest BCUT2D eigenvalue weighted by Gasteiger charge is -2.06. The second-order valence-electron chi connectivity index (χ2n) is 4.78. The smallest absolute Gasteiger partial charge is 0.294 e. The standard InChI is InChI=1S/C16H12ClN3O4S/c17-12-2-1-3-14(8-12)20-16(21)11(9-18)10-19-13-4-6-15(7-5-13)25(22,23)24/h1-8,10,19H,(H,20,21)(H,22,23,24)/b11-10-. The van der Waals surface area contributed by atoms with Gasteiger partial charge >= 0.3 is 0 Å². The van der Waals surface area contributed by atoms with Crippen molar-refractivity contribution in [3.8, 4) is 6.07 Å². The number of anilines is 2. The van der Waals surface area contributed by atoms with Gasteiger partial charge in [-0.3, -0.25) is 9.35 Å². The number of nitrogens with zero attached hydrogens (tertiary/aromatic N) is 1. The molecule has 9 heteroatoms. The van der Waals surface area contributed by atoms with Crippen LogP contribution in [-0.2, 0) is 14.9 Å². The molecular formula is C16H12ClN3O4S. The van der Waals surface area contributed by atoms with E-state index in [1.165, 1.54) is 36.5 Å². The van der Waals surface area contributed by atoms with Gasteiger partial charge in [-0.05, 0) is 42.5 Å². The Balaban J connectivity index is 2.09. The molecule has 0 aromatic heterocycles. The summed E-state index contributed by atoms with van der Waals surface area (Å²) in [5.41, 5.74) is 0.672. The first-order valence-electron chi connectivity index (χ1n) is 6.81. The topological polar surface area (TPSA) is 119 Å². The number of hydrogen-bond acceptors (Lipinski definition) is 5. The maximum Gasteiger partial charge on any atom is 0.294 e. The Kier molecular flexibility index (Phi) is 5.77. The molecule has 128 valence electrons. The first-order valence-corrected chi connectivity index (χ1v) is 8.62. The third-order valence-corrected chi connectivity index (χ3v) is 4.09. The number of nitrogens with one attached hydrogen (secondary N) is 2. The van der Waals surface area contributed by atoms with Gasteiger partial charge in [0.15, 0.2) is 0 Å². The van der Waals surface area contributed by atoms with Crippen LogP contribution < -0.4 is 10.6 Å². The van der Waals surface area contributed by atoms with Gasteiger partial charge in [-0.1, -0.05) is 17.7 Å². The molecule has 1 amide bonds. The summed E-state index contributed by atoms with van der Waals surface area (Å²) < 4.78 is 30.8. The van der Waals surface area contributed by atoms with E-state index in [1.54, 1.807) is 24.3 Å². The summed E-state index contributed by atoms with van der Waals surface area (Å²) >= 11 is 5.82. The van der Waals surface area contributed by atoms with Crippen molar-refractivity contribution < 1.29 is 17.8 Å². The molecule has 3 N–H and O–H groups in total. The molecule has 2 rings (SSSR count). The van der Waals surface area contributed by atoms with Crippen molar-refractivity contribution in [3.63, 3.8) is 0 Å². The largest absolute Gasteiger partial charge is 0.360 e. The number of nitriles is 1. The lowest BCUT2D eigenvalue weighted by Crippen LogP contribution is -2.14. The van der Waals surface area contributed by atoms with Crippen LogP contribution in [0.15, 0.2) is 65.2 Å². The maximum atomic E-state index is 12.1. The van der Waals surface area contributed by atoms with Gasteiger partial charge in [-0.15, -0.1) is 0 Å². The van der Waals surface area contributed by atoms with Gasteiger partial charge in [0.25, 0.3) is 16.0 Å². The van der Waals surface area contributed by atoms with Crippen LogP contribution in [0.1, 0.15) is 0 Å². The van der Waals surface area contributed by atoms with Gasteiger partial charge in [0, 0.05) is 22.6 Å². The molecule has 2 aromatic rings. The third-order valence-electron chi connectivity index (χ3n) is 2.98. The molecule has 0 saturated carbocycles. The van der Waals surface area contributed by atoms with Crippen molar-refractivity contribution in [3.05, 3.63) is 65.3 Å². The van der Waals surface area contributed by atoms with Crippen LogP contribution in [-0.4, -0.2) is 18.9 Å². The minimum atomic E-state index is -4.28. The second-order valence-corrected chi connectivity index (χ2v) is 6.64. The third kappa shape index (κ3) is 5.32. The minimum Gasteiger partial charge on any atom is -0.360 e. The fourth-order valence-corrected chi connectivity index (χ4v) is 2.46. The molecule has 0 bridgehead atoms. The second kappa shape index (κ2) is 7.81. The van der Waals surface area contributed by atoms with E-state index in [1.807, 2.05) is 0 Å². The monoisotopic (exact) mass is 377 g/mol. The fourth-order valence-electron chi connectivity index (χ4n) is 1.79. The van der Waals surface area contributed by atoms with E-state index in [0.717, 1.165) is 0 Å². The van der Waals surface area contributed by atoms with Crippen molar-refractivity contribution in [2.24, 2.45) is 0 Å². The lowest BCUT2D eigenvalue weighted by molar-refractivity contribution is -0.112. The summed E-state index contributed by atoms with van der Waals surface area (Å²) in [5.74, 6) is -0.633. The Hall–Kier alpha value is -2.86. The zero-order chi connectivity index (χ0) is 18.4. The molecule has 0 saturated heterocycles. The zero-order valence-electron chi connectivity index (χ0n) is 12.6. The van der Waals surface area contributed by atoms with Gasteiger partial charge < -0.3 is 10.6 Å². The molecule has 0 unspecified atom stereocenters. The molecule has 0 atom stereocenters. The van der Waals surface area contributed by atoms with Crippen LogP contribution in [0, 0.1) is 11.3 Å². The molecule has 0 aliphatic rings. The van der Waals surface area contributed by atoms with Gasteiger partial charge in [0.2, 0.25) is 0 Å². The van der Waals surface area contributed by atoms with E-state index in [2.05, 4.69) is 10.6 Å². The molecule has 0 spiro atoms. The minimum absolute atomic E-state index is 0.196. The van der Waals surface area contributed by atoms with Gasteiger partial charge in [-0.2, -0.15) is 13.7 Å². The number of amides is 1. The maximum absolute atomic E-state index is 12.1. The average molecular weight is 378 g/mol. The zero-order valence-corrected chi connectivity index (χ0v) is 14.2. The molecule has 7 nitrogen and oxygen atoms in total. The average Bonchev–Trinajstić information content (AvgIpc) is 2.55. The van der Waals surface area contributed by atoms with Gasteiger partial charge in [0.1, 0.15) is 11.6 Å². The quantitative estimate of drug-likeness (QED) is 0.418. The number of halogens is 1. The predicted molar refractivity (Wildman–Crippen MR) is 93.7 cm³/mol. The summed E-state index contributed by atoms with van der Waals surface area (Å²) in [6.07, 6.45) is 1.18. The highest BCUT2D eigenvalue weighted by Gasteiger charge is 2.10. The van der Waals surface area contributed by atoms with Crippen LogP contribution in [0.4, 0.5) is 11.4 Å². The fraction of sp³-hybridized carbons (Fsp3) is 0. The number of carbonyl (C=O) groups excluding carboxylic acids is 1. The van der Waals surface area contributed by atoms with Crippen LogP contribution in [0.2, 0.25) is 5.02 Å². The predicted octanol–water partition coefficient (Wildman–Crippen LogP) is 3.04. The number of hydrogen-bond donors (Lipinski definition) is 3. The molecule has 0 aliphatic carbocycles. The SMILES string of the molecule is N#C/C(=C/Nc1ccc(S(=O)(=O)O)cc1)C(=O)Nc1cccc(Cl)c1. The molecule has 0 radical (unpaired) electrons. The van der Waals surface area contributed by atoms with Crippen molar-refractivity contribution in [1.82, 2.24) is 0 Å². The van der Waals surface area contributed by atoms with Crippen LogP contribution in [0.3, 0.4) is 0 Å². The Morgan fingerprint density at radius 2 is 1.84 bits per heavy atom. The first-order chi connectivity index (χ1) is 11.8. The highest BCUT2D eigenvalue weighted by atomic mass is 35.5. The Morgan fingerprint density at radius 3 is 2.40 bits per heavy atom. The Bertz CT molecular complexity index is 964. The lowest BCUT2D eigenvalue weighted by atomic mass is 10.2. The molecular weight excluding hydrogens is 366 g/mol. The Labute approximate surface area is 149 Å². The van der Waals surface area contributed by atoms with Crippen molar-refractivity contribution in [2.75, 3.05) is 10.6 Å². The van der Waals surface area contributed by atoms with Crippen LogP contribution >= 0.6 is 11.6 Å². The summed E-state index contributed by atoms with van der Waals surface area (Å²) in [4.78, 5) is 11.8. The van der Waals surface area contributed by atoms with E-state index in [0.29, 0.717) is 16.4 Å². The molecule has 25 heavy (non-hydrogen) atoms. The highest BCUT2D eigenvalue weighted by Crippen LogP contribution is 2.16. The highest BCUT2D eigenvalue weighted by molar-refractivity contribution is 7.85.